The van der Waals surface area contributed by atoms with Gasteiger partial charge >= 0.3 is 6.03 Å². The summed E-state index contributed by atoms with van der Waals surface area (Å²) in [6.07, 6.45) is 1.76. The number of amides is 2. The minimum absolute atomic E-state index is 0.00480. The maximum Gasteiger partial charge on any atom is 0.317 e. The molecule has 5 heteroatoms. The fourth-order valence-electron chi connectivity index (χ4n) is 3.18. The van der Waals surface area contributed by atoms with Crippen molar-refractivity contribution in [3.8, 4) is 0 Å². The van der Waals surface area contributed by atoms with Crippen molar-refractivity contribution in [2.24, 2.45) is 0 Å². The lowest BCUT2D eigenvalue weighted by atomic mass is 10.1. The number of benzene rings is 2. The molecule has 3 rings (SSSR count). The molecule has 0 aliphatic carbocycles. The van der Waals surface area contributed by atoms with Crippen molar-refractivity contribution in [1.82, 2.24) is 15.1 Å². The van der Waals surface area contributed by atoms with Crippen molar-refractivity contribution in [2.75, 3.05) is 39.3 Å². The van der Waals surface area contributed by atoms with Gasteiger partial charge in [-0.25, -0.2) is 9.18 Å². The second-order valence-electron chi connectivity index (χ2n) is 6.67. The Balaban J connectivity index is 1.33. The molecule has 138 valence electrons. The smallest absolute Gasteiger partial charge is 0.317 e. The molecule has 0 bridgehead atoms. The molecular weight excluding hydrogens is 329 g/mol. The predicted octanol–water partition coefficient (Wildman–Crippen LogP) is 2.94. The summed E-state index contributed by atoms with van der Waals surface area (Å²) in [6, 6.07) is 16.9. The molecule has 0 radical (unpaired) electrons. The Labute approximate surface area is 154 Å². The number of urea groups is 1. The molecule has 1 aliphatic rings. The third-order valence-corrected chi connectivity index (χ3v) is 4.82. The van der Waals surface area contributed by atoms with Gasteiger partial charge in [-0.3, -0.25) is 4.90 Å². The van der Waals surface area contributed by atoms with Gasteiger partial charge < -0.3 is 10.2 Å². The lowest BCUT2D eigenvalue weighted by Gasteiger charge is -2.34. The fraction of sp³-hybridized carbons (Fsp3) is 0.381. The first kappa shape index (κ1) is 18.4. The second kappa shape index (κ2) is 9.34. The normalized spacial score (nSPS) is 15.0. The lowest BCUT2D eigenvalue weighted by molar-refractivity contribution is 0.140. The molecule has 0 unspecified atom stereocenters. The maximum absolute atomic E-state index is 12.9. The van der Waals surface area contributed by atoms with Gasteiger partial charge in [-0.15, -0.1) is 0 Å². The lowest BCUT2D eigenvalue weighted by Crippen LogP contribution is -2.52. The Morgan fingerprint density at radius 1 is 0.885 bits per heavy atom. The van der Waals surface area contributed by atoms with Gasteiger partial charge in [0.1, 0.15) is 5.82 Å². The monoisotopic (exact) mass is 355 g/mol. The first-order valence-corrected chi connectivity index (χ1v) is 9.24. The Kier molecular flexibility index (Phi) is 6.61. The van der Waals surface area contributed by atoms with Crippen LogP contribution in [0.4, 0.5) is 9.18 Å². The quantitative estimate of drug-likeness (QED) is 0.865. The number of nitrogens with zero attached hydrogens (tertiary/aromatic N) is 2. The maximum atomic E-state index is 12.9. The van der Waals surface area contributed by atoms with Crippen LogP contribution in [0.3, 0.4) is 0 Å². The summed E-state index contributed by atoms with van der Waals surface area (Å²) in [5.41, 5.74) is 2.38. The van der Waals surface area contributed by atoms with E-state index in [-0.39, 0.29) is 11.8 Å². The third kappa shape index (κ3) is 5.56. The van der Waals surface area contributed by atoms with Crippen LogP contribution in [0.2, 0.25) is 0 Å². The van der Waals surface area contributed by atoms with Gasteiger partial charge in [-0.2, -0.15) is 0 Å². The molecule has 2 aromatic carbocycles. The van der Waals surface area contributed by atoms with E-state index in [4.69, 9.17) is 0 Å². The molecule has 1 N–H and O–H groups in total. The standard InChI is InChI=1S/C21H26FN3O/c22-20-8-6-19(7-9-20)10-12-23-21(26)25-16-14-24(15-17-25)13-11-18-4-2-1-3-5-18/h1-9H,10-17H2,(H,23,26). The molecule has 4 nitrogen and oxygen atoms in total. The van der Waals surface area contributed by atoms with Crippen molar-refractivity contribution in [2.45, 2.75) is 12.8 Å². The van der Waals surface area contributed by atoms with E-state index in [1.54, 1.807) is 12.1 Å². The van der Waals surface area contributed by atoms with Gasteiger partial charge in [0.15, 0.2) is 0 Å². The second-order valence-corrected chi connectivity index (χ2v) is 6.67. The highest BCUT2D eigenvalue weighted by molar-refractivity contribution is 5.74. The minimum Gasteiger partial charge on any atom is -0.338 e. The van der Waals surface area contributed by atoms with Crippen LogP contribution in [0.15, 0.2) is 54.6 Å². The van der Waals surface area contributed by atoms with Crippen molar-refractivity contribution >= 4 is 6.03 Å². The minimum atomic E-state index is -0.233. The average Bonchev–Trinajstić information content (AvgIpc) is 2.69. The van der Waals surface area contributed by atoms with E-state index in [0.29, 0.717) is 13.0 Å². The van der Waals surface area contributed by atoms with Crippen molar-refractivity contribution < 1.29 is 9.18 Å². The molecule has 1 saturated heterocycles. The molecule has 1 heterocycles. The van der Waals surface area contributed by atoms with Gasteiger partial charge in [0, 0.05) is 39.3 Å². The average molecular weight is 355 g/mol. The van der Waals surface area contributed by atoms with E-state index >= 15 is 0 Å². The zero-order valence-electron chi connectivity index (χ0n) is 15.0. The van der Waals surface area contributed by atoms with Crippen molar-refractivity contribution in [1.29, 1.82) is 0 Å². The molecule has 26 heavy (non-hydrogen) atoms. The molecule has 0 atom stereocenters. The zero-order valence-corrected chi connectivity index (χ0v) is 15.0. The Morgan fingerprint density at radius 2 is 1.54 bits per heavy atom. The van der Waals surface area contributed by atoms with Crippen LogP contribution in [0.25, 0.3) is 0 Å². The summed E-state index contributed by atoms with van der Waals surface area (Å²) >= 11 is 0. The number of hydrogen-bond donors (Lipinski definition) is 1. The summed E-state index contributed by atoms with van der Waals surface area (Å²) in [5.74, 6) is -0.233. The SMILES string of the molecule is O=C(NCCc1ccc(F)cc1)N1CCN(CCc2ccccc2)CC1. The Bertz CT molecular complexity index is 682. The van der Waals surface area contributed by atoms with Crippen LogP contribution in [-0.4, -0.2) is 55.1 Å². The number of halogens is 1. The summed E-state index contributed by atoms with van der Waals surface area (Å²) in [5, 5.41) is 2.96. The number of nitrogens with one attached hydrogen (secondary N) is 1. The molecule has 0 saturated carbocycles. The number of hydrogen-bond acceptors (Lipinski definition) is 2. The third-order valence-electron chi connectivity index (χ3n) is 4.82. The van der Waals surface area contributed by atoms with E-state index < -0.39 is 0 Å². The van der Waals surface area contributed by atoms with Crippen molar-refractivity contribution in [3.63, 3.8) is 0 Å². The molecule has 1 fully saturated rings. The fourth-order valence-corrected chi connectivity index (χ4v) is 3.18. The van der Waals surface area contributed by atoms with Crippen LogP contribution >= 0.6 is 0 Å². The highest BCUT2D eigenvalue weighted by Crippen LogP contribution is 2.06. The predicted molar refractivity (Wildman–Crippen MR) is 102 cm³/mol. The zero-order chi connectivity index (χ0) is 18.2. The van der Waals surface area contributed by atoms with Gasteiger partial charge in [0.25, 0.3) is 0 Å². The van der Waals surface area contributed by atoms with Crippen LogP contribution in [0.1, 0.15) is 11.1 Å². The summed E-state index contributed by atoms with van der Waals surface area (Å²) in [6.45, 7) is 4.95. The van der Waals surface area contributed by atoms with Gasteiger partial charge in [0.05, 0.1) is 0 Å². The topological polar surface area (TPSA) is 35.6 Å². The van der Waals surface area contributed by atoms with E-state index in [0.717, 1.165) is 44.7 Å². The van der Waals surface area contributed by atoms with E-state index in [9.17, 15) is 9.18 Å². The van der Waals surface area contributed by atoms with E-state index in [1.165, 1.54) is 17.7 Å². The van der Waals surface area contributed by atoms with Crippen LogP contribution < -0.4 is 5.32 Å². The number of carbonyl (C=O) groups excluding carboxylic acids is 1. The molecular formula is C21H26FN3O. The first-order valence-electron chi connectivity index (χ1n) is 9.24. The number of rotatable bonds is 6. The van der Waals surface area contributed by atoms with Crippen LogP contribution in [0, 0.1) is 5.82 Å². The van der Waals surface area contributed by atoms with Crippen molar-refractivity contribution in [3.05, 3.63) is 71.5 Å². The number of carbonyl (C=O) groups is 1. The number of piperazine rings is 1. The van der Waals surface area contributed by atoms with E-state index in [1.807, 2.05) is 11.0 Å². The highest BCUT2D eigenvalue weighted by Gasteiger charge is 2.20. The largest absolute Gasteiger partial charge is 0.338 e. The summed E-state index contributed by atoms with van der Waals surface area (Å²) < 4.78 is 12.9. The summed E-state index contributed by atoms with van der Waals surface area (Å²) in [4.78, 5) is 16.6. The molecule has 1 aliphatic heterocycles. The molecule has 0 spiro atoms. The van der Waals surface area contributed by atoms with E-state index in [2.05, 4.69) is 34.5 Å². The summed E-state index contributed by atoms with van der Waals surface area (Å²) in [7, 11) is 0. The van der Waals surface area contributed by atoms with Crippen LogP contribution in [0.5, 0.6) is 0 Å². The van der Waals surface area contributed by atoms with Gasteiger partial charge in [-0.1, -0.05) is 42.5 Å². The molecule has 2 aromatic rings. The van der Waals surface area contributed by atoms with Gasteiger partial charge in [-0.05, 0) is 36.1 Å². The molecule has 2 amide bonds. The highest BCUT2D eigenvalue weighted by atomic mass is 19.1. The Hall–Kier alpha value is -2.40. The molecule has 0 aromatic heterocycles. The van der Waals surface area contributed by atoms with Gasteiger partial charge in [0.2, 0.25) is 0 Å². The first-order chi connectivity index (χ1) is 12.7. The van der Waals surface area contributed by atoms with Crippen LogP contribution in [-0.2, 0) is 12.8 Å². The Morgan fingerprint density at radius 3 is 2.23 bits per heavy atom.